The molecule has 0 saturated carbocycles. The fraction of sp³-hybridized carbons (Fsp3) is 0.717. The number of carbonyl (C=O) groups excluding carboxylic acids is 5. The van der Waals surface area contributed by atoms with Gasteiger partial charge in [0.2, 0.25) is 0 Å². The maximum absolute atomic E-state index is 13.0. The highest BCUT2D eigenvalue weighted by Gasteiger charge is 2.24. The van der Waals surface area contributed by atoms with Gasteiger partial charge in [0.15, 0.2) is 5.12 Å². The van der Waals surface area contributed by atoms with E-state index in [0.29, 0.717) is 24.6 Å². The van der Waals surface area contributed by atoms with E-state index in [4.69, 9.17) is 19.3 Å². The molecule has 3 atom stereocenters. The molecule has 2 aromatic heterocycles. The summed E-state index contributed by atoms with van der Waals surface area (Å²) >= 11 is 5.83. The van der Waals surface area contributed by atoms with E-state index in [1.807, 2.05) is 90.1 Å². The average Bonchev–Trinajstić information content (AvgIpc) is 3.88. The quantitative estimate of drug-likeness (QED) is 0.0877. The molecule has 0 spiro atoms. The average molecular weight is 961 g/mol. The maximum atomic E-state index is 13.0. The molecule has 0 aromatic carbocycles. The lowest BCUT2D eigenvalue weighted by Crippen LogP contribution is -2.41. The number of unbranched alkanes of at least 4 members (excludes halogenated alkanes) is 3. The van der Waals surface area contributed by atoms with Crippen molar-refractivity contribution in [1.29, 1.82) is 0 Å². The van der Waals surface area contributed by atoms with E-state index in [0.717, 1.165) is 67.5 Å². The van der Waals surface area contributed by atoms with Gasteiger partial charge in [0.1, 0.15) is 16.8 Å². The Labute approximate surface area is 395 Å². The van der Waals surface area contributed by atoms with Crippen molar-refractivity contribution in [2.45, 2.75) is 196 Å². The highest BCUT2D eigenvalue weighted by atomic mass is 32.2. The first-order valence-electron chi connectivity index (χ1n) is 22.1. The maximum Gasteiger partial charge on any atom is 0.407 e. The van der Waals surface area contributed by atoms with Gasteiger partial charge in [-0.15, -0.1) is 22.7 Å². The molecule has 0 aliphatic heterocycles. The van der Waals surface area contributed by atoms with E-state index < -0.39 is 35.1 Å². The molecule has 4 amide bonds. The third-order valence-corrected chi connectivity index (χ3v) is 11.9. The van der Waals surface area contributed by atoms with Crippen LogP contribution in [0.15, 0.2) is 35.0 Å². The topological polar surface area (TPSA) is 173 Å². The molecule has 2 aromatic rings. The zero-order chi connectivity index (χ0) is 48.1. The Morgan fingerprint density at radius 3 is 1.27 bits per heavy atom. The summed E-state index contributed by atoms with van der Waals surface area (Å²) in [5.74, 6) is 1.14. The van der Waals surface area contributed by atoms with Gasteiger partial charge in [-0.05, 0) is 104 Å². The summed E-state index contributed by atoms with van der Waals surface area (Å²) in [6.07, 6.45) is 7.34. The van der Waals surface area contributed by atoms with E-state index in [9.17, 15) is 24.0 Å². The highest BCUT2D eigenvalue weighted by Crippen LogP contribution is 2.23. The van der Waals surface area contributed by atoms with Gasteiger partial charge in [0, 0.05) is 40.3 Å². The van der Waals surface area contributed by atoms with Gasteiger partial charge in [-0.25, -0.2) is 14.4 Å². The van der Waals surface area contributed by atoms with E-state index in [-0.39, 0.29) is 35.1 Å². The largest absolute Gasteiger partial charge is 0.444 e. The van der Waals surface area contributed by atoms with E-state index >= 15 is 0 Å². The second kappa shape index (κ2) is 32.6. The van der Waals surface area contributed by atoms with Crippen LogP contribution in [0.5, 0.6) is 0 Å². The van der Waals surface area contributed by atoms with Crippen LogP contribution in [0.4, 0.5) is 19.2 Å². The number of hydrogen-bond donors (Lipinski definition) is 4. The molecule has 2 rings (SSSR count). The number of rotatable bonds is 21. The van der Waals surface area contributed by atoms with Crippen molar-refractivity contribution in [2.75, 3.05) is 18.1 Å². The second-order valence-electron chi connectivity index (χ2n) is 18.0. The summed E-state index contributed by atoms with van der Waals surface area (Å²) in [4.78, 5) is 63.4. The molecule has 0 fully saturated rings. The number of thiophene rings is 2. The van der Waals surface area contributed by atoms with Crippen molar-refractivity contribution in [2.24, 2.45) is 0 Å². The van der Waals surface area contributed by atoms with Crippen LogP contribution < -0.4 is 16.0 Å². The number of alkyl carbamates (subject to hydrolysis) is 3. The Bertz CT molecular complexity index is 1500. The van der Waals surface area contributed by atoms with E-state index in [1.165, 1.54) is 30.4 Å². The van der Waals surface area contributed by atoms with Crippen LogP contribution in [0, 0.1) is 0 Å². The summed E-state index contributed by atoms with van der Waals surface area (Å²) in [6, 6.07) is 7.82. The van der Waals surface area contributed by atoms with Gasteiger partial charge in [0.05, 0.1) is 25.7 Å². The Morgan fingerprint density at radius 1 is 0.619 bits per heavy atom. The fourth-order valence-electron chi connectivity index (χ4n) is 5.23. The molecule has 0 bridgehead atoms. The standard InChI is InChI=1S/C22H32N2O3S3.C13H25NO3S.C11H23NO3/c1-5-6-9-17(23-20(25)27-22(2,3)4)16-30-21(26)24(14-18-10-7-12-28-18)15-19-11-8-13-29-19;1-6-7-8-11(9-18-10(2)15)14-12(16)17-13(3,4)5;1-5-6-7-9(8-13)12-10(14)15-11(2,3)4/h7-8,10-13,17H,5-6,9,14-16H2,1-4H3,(H,23,25);11H,6-9H2,1-5H3,(H,14,16);9,13H,5-8H2,1-4H3,(H,12,14)/t17-;11-;9-/m000/s1. The smallest absolute Gasteiger partial charge is 0.407 e. The number of amides is 4. The summed E-state index contributed by atoms with van der Waals surface area (Å²) in [5, 5.41) is 21.6. The lowest BCUT2D eigenvalue weighted by molar-refractivity contribution is -0.109. The molecule has 0 radical (unpaired) electrons. The molecular weight excluding hydrogens is 881 g/mol. The number of hydrogen-bond acceptors (Lipinski definition) is 13. The minimum atomic E-state index is -0.541. The first-order valence-corrected chi connectivity index (χ1v) is 25.8. The summed E-state index contributed by atoms with van der Waals surface area (Å²) in [6.45, 7) is 25.4. The summed E-state index contributed by atoms with van der Waals surface area (Å²) in [7, 11) is 0. The van der Waals surface area contributed by atoms with Crippen LogP contribution in [0.2, 0.25) is 0 Å². The van der Waals surface area contributed by atoms with Crippen molar-refractivity contribution in [3.63, 3.8) is 0 Å². The first kappa shape index (κ1) is 60.0. The molecule has 4 N–H and O–H groups in total. The monoisotopic (exact) mass is 960 g/mol. The Kier molecular flexibility index (Phi) is 31.1. The third-order valence-electron chi connectivity index (χ3n) is 8.11. The number of carbonyl (C=O) groups is 5. The summed E-state index contributed by atoms with van der Waals surface area (Å²) in [5.41, 5.74) is -1.53. The molecule has 0 saturated heterocycles. The molecule has 0 aliphatic carbocycles. The van der Waals surface area contributed by atoms with Gasteiger partial charge in [0.25, 0.3) is 5.24 Å². The second-order valence-corrected chi connectivity index (χ2v) is 22.3. The normalized spacial score (nSPS) is 12.8. The van der Waals surface area contributed by atoms with Crippen LogP contribution >= 0.6 is 46.2 Å². The van der Waals surface area contributed by atoms with Crippen molar-refractivity contribution >= 4 is 74.8 Å². The molecule has 17 heteroatoms. The minimum Gasteiger partial charge on any atom is -0.444 e. The molecule has 63 heavy (non-hydrogen) atoms. The fourth-order valence-corrected chi connectivity index (χ4v) is 8.26. The molecule has 0 unspecified atom stereocenters. The van der Waals surface area contributed by atoms with Crippen molar-refractivity contribution in [3.8, 4) is 0 Å². The molecule has 362 valence electrons. The minimum absolute atomic E-state index is 0.00583. The van der Waals surface area contributed by atoms with Crippen molar-refractivity contribution < 1.29 is 43.3 Å². The molecule has 13 nitrogen and oxygen atoms in total. The zero-order valence-electron chi connectivity index (χ0n) is 40.4. The van der Waals surface area contributed by atoms with Crippen LogP contribution in [0.3, 0.4) is 0 Å². The lowest BCUT2D eigenvalue weighted by atomic mass is 10.1. The number of thioether (sulfide) groups is 2. The molecule has 2 heterocycles. The van der Waals surface area contributed by atoms with Crippen LogP contribution in [0.1, 0.15) is 158 Å². The first-order chi connectivity index (χ1) is 29.4. The van der Waals surface area contributed by atoms with Gasteiger partial charge < -0.3 is 40.2 Å². The number of nitrogens with one attached hydrogen (secondary N) is 3. The Balaban J connectivity index is 0.000000997. The van der Waals surface area contributed by atoms with Crippen molar-refractivity contribution in [3.05, 3.63) is 44.8 Å². The predicted molar refractivity (Wildman–Crippen MR) is 264 cm³/mol. The SMILES string of the molecule is CCCC[C@@H](CO)NC(=O)OC(C)(C)C.CCCC[C@@H](CSC(=O)N(Cc1cccs1)Cc1cccs1)NC(=O)OC(C)(C)C.CCCC[C@@H](CSC(C)=O)NC(=O)OC(C)(C)C. The van der Waals surface area contributed by atoms with Gasteiger partial charge >= 0.3 is 18.3 Å². The summed E-state index contributed by atoms with van der Waals surface area (Å²) < 4.78 is 15.7. The van der Waals surface area contributed by atoms with Gasteiger partial charge in [-0.1, -0.05) is 95.0 Å². The van der Waals surface area contributed by atoms with Crippen LogP contribution in [0.25, 0.3) is 0 Å². The number of nitrogens with zero attached hydrogens (tertiary/aromatic N) is 1. The van der Waals surface area contributed by atoms with Gasteiger partial charge in [-0.3, -0.25) is 9.59 Å². The third kappa shape index (κ3) is 35.0. The Morgan fingerprint density at radius 2 is 0.968 bits per heavy atom. The predicted octanol–water partition coefficient (Wildman–Crippen LogP) is 12.2. The van der Waals surface area contributed by atoms with Gasteiger partial charge in [-0.2, -0.15) is 0 Å². The number of aliphatic hydroxyl groups is 1. The van der Waals surface area contributed by atoms with Crippen molar-refractivity contribution in [1.82, 2.24) is 20.9 Å². The highest BCUT2D eigenvalue weighted by molar-refractivity contribution is 8.13. The number of ether oxygens (including phenoxy) is 3. The zero-order valence-corrected chi connectivity index (χ0v) is 43.7. The van der Waals surface area contributed by atoms with Crippen LogP contribution in [-0.4, -0.2) is 91.7 Å². The lowest BCUT2D eigenvalue weighted by Gasteiger charge is -2.25. The van der Waals surface area contributed by atoms with Crippen LogP contribution in [-0.2, 0) is 32.1 Å². The molecular formula is C46H80N4O9S4. The number of aliphatic hydroxyl groups excluding tert-OH is 1. The molecule has 0 aliphatic rings. The van der Waals surface area contributed by atoms with E-state index in [2.05, 4.69) is 48.9 Å². The van der Waals surface area contributed by atoms with E-state index in [1.54, 1.807) is 22.7 Å². The Hall–Kier alpha value is -2.99.